The zero-order valence-electron chi connectivity index (χ0n) is 27.2. The van der Waals surface area contributed by atoms with Crippen LogP contribution in [0.4, 0.5) is 0 Å². The number of likely N-dealkylation sites (tertiary alicyclic amines) is 1. The minimum absolute atomic E-state index is 0. The number of hydrogen-bond donors (Lipinski definition) is 0. The Morgan fingerprint density at radius 1 is 0.884 bits per heavy atom. The van der Waals surface area contributed by atoms with Crippen molar-refractivity contribution in [1.82, 2.24) is 4.90 Å². The van der Waals surface area contributed by atoms with Gasteiger partial charge in [-0.2, -0.15) is 0 Å². The van der Waals surface area contributed by atoms with Crippen molar-refractivity contribution in [2.75, 3.05) is 45.9 Å². The second-order valence-corrected chi connectivity index (χ2v) is 16.3. The topological polar surface area (TPSA) is 65.1 Å². The molecule has 8 heteroatoms. The van der Waals surface area contributed by atoms with Gasteiger partial charge in [-0.3, -0.25) is 14.5 Å². The number of hydrogen-bond acceptors (Lipinski definition) is 6. The van der Waals surface area contributed by atoms with Gasteiger partial charge < -0.3 is 35.7 Å². The fourth-order valence-electron chi connectivity index (χ4n) is 12.2. The first kappa shape index (κ1) is 32.2. The average molecular weight is 666 g/mol. The van der Waals surface area contributed by atoms with Crippen molar-refractivity contribution in [3.8, 4) is 0 Å². The maximum Gasteiger partial charge on any atom is 0.303 e. The molecule has 5 unspecified atom stereocenters. The van der Waals surface area contributed by atoms with Gasteiger partial charge in [0.2, 0.25) is 0 Å². The van der Waals surface area contributed by atoms with E-state index in [1.165, 1.54) is 81.9 Å². The summed E-state index contributed by atoms with van der Waals surface area (Å²) in [5.74, 6) is 3.32. The number of ether oxygens (including phenoxy) is 3. The molecule has 5 aliphatic carbocycles. The summed E-state index contributed by atoms with van der Waals surface area (Å²) in [7, 11) is 0. The SMILES string of the molecule is CC(=O)OC1CC2CC[C@@H]3[C@@H](CC[C@]4(C)C(OC(C)=O)C([N+]5(CC6CC6)CCCC5)C[C@@H]34)[C@@]2(C)CC1N1CCOCC1.[Br-]. The number of carbonyl (C=O) groups is 2. The van der Waals surface area contributed by atoms with Crippen molar-refractivity contribution in [2.24, 2.45) is 40.4 Å². The Balaban J connectivity index is 0.00000329. The molecule has 0 N–H and O–H groups in total. The Hall–Kier alpha value is -0.700. The van der Waals surface area contributed by atoms with E-state index in [0.29, 0.717) is 29.7 Å². The number of esters is 2. The van der Waals surface area contributed by atoms with Gasteiger partial charge in [0.25, 0.3) is 0 Å². The molecule has 5 saturated carbocycles. The molecule has 2 saturated heterocycles. The van der Waals surface area contributed by atoms with E-state index in [0.717, 1.165) is 45.1 Å². The Morgan fingerprint density at radius 2 is 1.58 bits per heavy atom. The summed E-state index contributed by atoms with van der Waals surface area (Å²) in [5, 5.41) is 0. The minimum Gasteiger partial charge on any atom is -1.00 e. The average Bonchev–Trinajstić information content (AvgIpc) is 3.55. The third-order valence-electron chi connectivity index (χ3n) is 14.2. The van der Waals surface area contributed by atoms with E-state index in [-0.39, 0.29) is 58.0 Å². The van der Waals surface area contributed by atoms with Crippen molar-refractivity contribution in [1.29, 1.82) is 0 Å². The van der Waals surface area contributed by atoms with Gasteiger partial charge in [-0.05, 0) is 80.5 Å². The fourth-order valence-corrected chi connectivity index (χ4v) is 12.2. The number of quaternary nitrogens is 1. The molecule has 7 rings (SSSR count). The van der Waals surface area contributed by atoms with Gasteiger partial charge in [-0.1, -0.05) is 13.8 Å². The molecule has 0 radical (unpaired) electrons. The predicted molar refractivity (Wildman–Crippen MR) is 160 cm³/mol. The van der Waals surface area contributed by atoms with E-state index in [2.05, 4.69) is 18.7 Å². The Morgan fingerprint density at radius 3 is 2.23 bits per heavy atom. The van der Waals surface area contributed by atoms with E-state index in [4.69, 9.17) is 14.2 Å². The van der Waals surface area contributed by atoms with Crippen molar-refractivity contribution in [2.45, 2.75) is 123 Å². The molecule has 0 bridgehead atoms. The molecule has 2 heterocycles. The van der Waals surface area contributed by atoms with Crippen LogP contribution in [-0.4, -0.2) is 91.6 Å². The molecule has 244 valence electrons. The summed E-state index contributed by atoms with van der Waals surface area (Å²) in [4.78, 5) is 27.4. The molecule has 7 aliphatic rings. The highest BCUT2D eigenvalue weighted by molar-refractivity contribution is 5.66. The maximum absolute atomic E-state index is 12.7. The lowest BCUT2D eigenvalue weighted by Crippen LogP contribution is -3.00. The van der Waals surface area contributed by atoms with Crippen molar-refractivity contribution < 1.29 is 45.3 Å². The summed E-state index contributed by atoms with van der Waals surface area (Å²) in [6.45, 7) is 15.7. The van der Waals surface area contributed by atoms with E-state index >= 15 is 0 Å². The van der Waals surface area contributed by atoms with Gasteiger partial charge in [-0.25, -0.2) is 0 Å². The Labute approximate surface area is 270 Å². The quantitative estimate of drug-likeness (QED) is 0.321. The molecular formula is C35H57BrN2O5. The van der Waals surface area contributed by atoms with Crippen molar-refractivity contribution >= 4 is 11.9 Å². The van der Waals surface area contributed by atoms with Gasteiger partial charge in [0.15, 0.2) is 6.10 Å². The van der Waals surface area contributed by atoms with Gasteiger partial charge in [0.05, 0.1) is 32.8 Å². The molecule has 7 nitrogen and oxygen atoms in total. The van der Waals surface area contributed by atoms with Crippen LogP contribution in [0.1, 0.15) is 98.3 Å². The van der Waals surface area contributed by atoms with Gasteiger partial charge >= 0.3 is 11.9 Å². The summed E-state index contributed by atoms with van der Waals surface area (Å²) >= 11 is 0. The molecule has 10 atom stereocenters. The Kier molecular flexibility index (Phi) is 9.11. The highest BCUT2D eigenvalue weighted by Gasteiger charge is 2.68. The van der Waals surface area contributed by atoms with Crippen LogP contribution in [-0.2, 0) is 23.8 Å². The minimum atomic E-state index is -0.136. The number of morpholine rings is 1. The standard InChI is InChI=1S/C35H57N2O5.BrH/c1-23(38)41-32-19-26-9-10-27-28(35(26,4)21-30(32)36-13-17-40-18-14-36)11-12-34(3)29(27)20-31(33(34)42-24(2)39)37(15-5-6-16-37)22-25-7-8-25;/h25-33H,5-22H2,1-4H3;1H/q+1;/p-1/t26?,27-,28-,29+,30?,31?,32?,33?,34+,35+;/m1./s1. The first-order valence-corrected chi connectivity index (χ1v) is 17.6. The largest absolute Gasteiger partial charge is 1.00 e. The van der Waals surface area contributed by atoms with Crippen LogP contribution < -0.4 is 17.0 Å². The molecule has 0 aromatic heterocycles. The van der Waals surface area contributed by atoms with Gasteiger partial charge in [0, 0.05) is 63.6 Å². The third-order valence-corrected chi connectivity index (χ3v) is 14.2. The van der Waals surface area contributed by atoms with Crippen molar-refractivity contribution in [3.05, 3.63) is 0 Å². The van der Waals surface area contributed by atoms with Crippen LogP contribution in [0, 0.1) is 40.4 Å². The normalized spacial score (nSPS) is 45.7. The van der Waals surface area contributed by atoms with E-state index < -0.39 is 0 Å². The first-order valence-electron chi connectivity index (χ1n) is 17.6. The molecular weight excluding hydrogens is 608 g/mol. The number of fused-ring (bicyclic) bond motifs is 5. The number of halogens is 1. The summed E-state index contributed by atoms with van der Waals surface area (Å²) in [6, 6.07) is 0.755. The van der Waals surface area contributed by atoms with Gasteiger partial charge in [0.1, 0.15) is 12.1 Å². The molecule has 0 spiro atoms. The molecule has 0 aromatic rings. The van der Waals surface area contributed by atoms with E-state index in [1.807, 2.05) is 0 Å². The zero-order valence-corrected chi connectivity index (χ0v) is 28.8. The molecule has 43 heavy (non-hydrogen) atoms. The van der Waals surface area contributed by atoms with Crippen LogP contribution in [0.15, 0.2) is 0 Å². The highest BCUT2D eigenvalue weighted by atomic mass is 79.9. The fraction of sp³-hybridized carbons (Fsp3) is 0.943. The van der Waals surface area contributed by atoms with Crippen LogP contribution in [0.2, 0.25) is 0 Å². The van der Waals surface area contributed by atoms with E-state index in [1.54, 1.807) is 13.8 Å². The van der Waals surface area contributed by atoms with Crippen LogP contribution >= 0.6 is 0 Å². The second kappa shape index (κ2) is 12.2. The smallest absolute Gasteiger partial charge is 0.303 e. The highest BCUT2D eigenvalue weighted by Crippen LogP contribution is 2.68. The van der Waals surface area contributed by atoms with Crippen molar-refractivity contribution in [3.63, 3.8) is 0 Å². The lowest BCUT2D eigenvalue weighted by Gasteiger charge is -2.62. The molecule has 2 aliphatic heterocycles. The summed E-state index contributed by atoms with van der Waals surface area (Å²) < 4.78 is 19.5. The monoisotopic (exact) mass is 664 g/mol. The number of nitrogens with zero attached hydrogens (tertiary/aromatic N) is 2. The Bertz CT molecular complexity index is 1040. The lowest BCUT2D eigenvalue weighted by molar-refractivity contribution is -0.944. The van der Waals surface area contributed by atoms with Gasteiger partial charge in [-0.15, -0.1) is 0 Å². The zero-order chi connectivity index (χ0) is 29.3. The first-order chi connectivity index (χ1) is 20.1. The number of carbonyl (C=O) groups excluding carboxylic acids is 2. The second-order valence-electron chi connectivity index (χ2n) is 16.3. The summed E-state index contributed by atoms with van der Waals surface area (Å²) in [5.41, 5.74) is 0.337. The van der Waals surface area contributed by atoms with Crippen LogP contribution in [0.3, 0.4) is 0 Å². The van der Waals surface area contributed by atoms with Crippen LogP contribution in [0.25, 0.3) is 0 Å². The number of rotatable bonds is 6. The third kappa shape index (κ3) is 5.65. The van der Waals surface area contributed by atoms with Crippen LogP contribution in [0.5, 0.6) is 0 Å². The molecule has 0 aromatic carbocycles. The predicted octanol–water partition coefficient (Wildman–Crippen LogP) is 2.21. The molecule has 7 fully saturated rings. The maximum atomic E-state index is 12.7. The van der Waals surface area contributed by atoms with E-state index in [9.17, 15) is 9.59 Å². The summed E-state index contributed by atoms with van der Waals surface area (Å²) in [6.07, 6.45) is 13.8. The lowest BCUT2D eigenvalue weighted by atomic mass is 9.44. The molecule has 0 amide bonds.